The van der Waals surface area contributed by atoms with Crippen LogP contribution in [0.25, 0.3) is 0 Å². The average Bonchev–Trinajstić information content (AvgIpc) is 2.95. The Kier molecular flexibility index (Phi) is 5.19. The van der Waals surface area contributed by atoms with Gasteiger partial charge in [-0.25, -0.2) is 0 Å². The summed E-state index contributed by atoms with van der Waals surface area (Å²) in [7, 11) is -3.33. The summed E-state index contributed by atoms with van der Waals surface area (Å²) >= 11 is 0. The lowest BCUT2D eigenvalue weighted by Gasteiger charge is -2.32. The number of piperidine rings is 1. The first kappa shape index (κ1) is 15.5. The van der Waals surface area contributed by atoms with Gasteiger partial charge in [0.25, 0.3) is 10.2 Å². The Balaban J connectivity index is 1.79. The van der Waals surface area contributed by atoms with Crippen LogP contribution < -0.4 is 10.5 Å². The summed E-state index contributed by atoms with van der Waals surface area (Å²) in [6.45, 7) is 3.14. The van der Waals surface area contributed by atoms with Crippen molar-refractivity contribution in [2.75, 3.05) is 32.7 Å². The van der Waals surface area contributed by atoms with Gasteiger partial charge in [-0.1, -0.05) is 5.16 Å². The van der Waals surface area contributed by atoms with E-state index in [9.17, 15) is 8.42 Å². The van der Waals surface area contributed by atoms with E-state index in [-0.39, 0.29) is 11.9 Å². The molecule has 0 radical (unpaired) electrons. The highest BCUT2D eigenvalue weighted by Gasteiger charge is 2.29. The number of likely N-dealkylation sites (tertiary alicyclic amines) is 1. The minimum Gasteiger partial charge on any atom is -0.409 e. The van der Waals surface area contributed by atoms with Gasteiger partial charge < -0.3 is 10.9 Å². The number of oxime groups is 1. The molecule has 0 atom stereocenters. The molecule has 0 aromatic heterocycles. The molecule has 116 valence electrons. The molecular weight excluding hydrogens is 282 g/mol. The summed E-state index contributed by atoms with van der Waals surface area (Å²) in [6, 6.07) is -0.0239. The number of nitrogens with zero attached hydrogens (tertiary/aromatic N) is 3. The number of amidine groups is 1. The van der Waals surface area contributed by atoms with E-state index in [4.69, 9.17) is 10.9 Å². The standard InChI is InChI=1S/C11H23N5O3S/c12-11(13-17)9-15-7-3-10(4-8-15)14-20(18,19)16-5-1-2-6-16/h10,14,17H,1-9H2,(H2,12,13). The van der Waals surface area contributed by atoms with E-state index >= 15 is 0 Å². The number of rotatable bonds is 5. The lowest BCUT2D eigenvalue weighted by Crippen LogP contribution is -2.49. The summed E-state index contributed by atoms with van der Waals surface area (Å²) in [6.07, 6.45) is 3.37. The van der Waals surface area contributed by atoms with Crippen LogP contribution in [0.2, 0.25) is 0 Å². The van der Waals surface area contributed by atoms with E-state index in [1.807, 2.05) is 0 Å². The van der Waals surface area contributed by atoms with Gasteiger partial charge in [-0.15, -0.1) is 0 Å². The molecule has 2 fully saturated rings. The maximum atomic E-state index is 12.1. The fourth-order valence-electron chi connectivity index (χ4n) is 2.68. The van der Waals surface area contributed by atoms with E-state index in [0.29, 0.717) is 19.6 Å². The van der Waals surface area contributed by atoms with E-state index in [2.05, 4.69) is 14.8 Å². The quantitative estimate of drug-likeness (QED) is 0.264. The van der Waals surface area contributed by atoms with Crippen LogP contribution in [0.4, 0.5) is 0 Å². The Morgan fingerprint density at radius 2 is 1.85 bits per heavy atom. The zero-order chi connectivity index (χ0) is 14.6. The zero-order valence-electron chi connectivity index (χ0n) is 11.5. The molecule has 0 aromatic rings. The molecule has 2 heterocycles. The first-order valence-electron chi connectivity index (χ1n) is 6.97. The fourth-order valence-corrected chi connectivity index (χ4v) is 4.23. The number of hydrogen-bond acceptors (Lipinski definition) is 5. The van der Waals surface area contributed by atoms with Crippen LogP contribution in [0.3, 0.4) is 0 Å². The second-order valence-electron chi connectivity index (χ2n) is 5.37. The fraction of sp³-hybridized carbons (Fsp3) is 0.909. The second-order valence-corrected chi connectivity index (χ2v) is 7.07. The highest BCUT2D eigenvalue weighted by atomic mass is 32.2. The van der Waals surface area contributed by atoms with Gasteiger partial charge in [-0.3, -0.25) is 4.90 Å². The van der Waals surface area contributed by atoms with E-state index < -0.39 is 10.2 Å². The molecule has 0 amide bonds. The van der Waals surface area contributed by atoms with Crippen molar-refractivity contribution in [3.8, 4) is 0 Å². The monoisotopic (exact) mass is 305 g/mol. The first-order chi connectivity index (χ1) is 9.51. The molecule has 0 bridgehead atoms. The lowest BCUT2D eigenvalue weighted by atomic mass is 10.1. The van der Waals surface area contributed by atoms with Crippen molar-refractivity contribution in [3.63, 3.8) is 0 Å². The maximum absolute atomic E-state index is 12.1. The topological polar surface area (TPSA) is 111 Å². The van der Waals surface area contributed by atoms with Crippen LogP contribution in [-0.2, 0) is 10.2 Å². The Labute approximate surface area is 119 Å². The van der Waals surface area contributed by atoms with Crippen molar-refractivity contribution in [1.82, 2.24) is 13.9 Å². The maximum Gasteiger partial charge on any atom is 0.279 e. The highest BCUT2D eigenvalue weighted by Crippen LogP contribution is 2.15. The lowest BCUT2D eigenvalue weighted by molar-refractivity contribution is 0.227. The Morgan fingerprint density at radius 1 is 1.25 bits per heavy atom. The van der Waals surface area contributed by atoms with Crippen molar-refractivity contribution in [3.05, 3.63) is 0 Å². The summed E-state index contributed by atoms with van der Waals surface area (Å²) in [4.78, 5) is 2.05. The van der Waals surface area contributed by atoms with Gasteiger partial charge >= 0.3 is 0 Å². The van der Waals surface area contributed by atoms with Crippen LogP contribution in [-0.4, -0.2) is 67.4 Å². The zero-order valence-corrected chi connectivity index (χ0v) is 12.3. The van der Waals surface area contributed by atoms with Crippen LogP contribution in [0.15, 0.2) is 5.16 Å². The SMILES string of the molecule is NC(CN1CCC(NS(=O)(=O)N2CCCC2)CC1)=NO. The van der Waals surface area contributed by atoms with Crippen LogP contribution >= 0.6 is 0 Å². The molecule has 4 N–H and O–H groups in total. The molecule has 8 nitrogen and oxygen atoms in total. The van der Waals surface area contributed by atoms with Gasteiger partial charge in [-0.05, 0) is 25.7 Å². The molecule has 9 heteroatoms. The van der Waals surface area contributed by atoms with Gasteiger partial charge in [-0.2, -0.15) is 17.4 Å². The molecule has 0 unspecified atom stereocenters. The second kappa shape index (κ2) is 6.70. The minimum atomic E-state index is -3.33. The molecule has 0 spiro atoms. The Hall–Kier alpha value is -0.900. The normalized spacial score (nSPS) is 24.3. The van der Waals surface area contributed by atoms with E-state index in [1.165, 1.54) is 4.31 Å². The van der Waals surface area contributed by atoms with E-state index in [0.717, 1.165) is 38.8 Å². The third kappa shape index (κ3) is 4.05. The van der Waals surface area contributed by atoms with Gasteiger partial charge in [0.2, 0.25) is 0 Å². The number of nitrogens with two attached hydrogens (primary N) is 1. The summed E-state index contributed by atoms with van der Waals surface area (Å²) < 4.78 is 28.6. The van der Waals surface area contributed by atoms with E-state index in [1.54, 1.807) is 0 Å². The van der Waals surface area contributed by atoms with Gasteiger partial charge in [0.15, 0.2) is 5.84 Å². The summed E-state index contributed by atoms with van der Waals surface area (Å²) in [5.74, 6) is 0.182. The minimum absolute atomic E-state index is 0.0239. The molecular formula is C11H23N5O3S. The predicted octanol–water partition coefficient (Wildman–Crippen LogP) is -0.873. The van der Waals surface area contributed by atoms with Crippen molar-refractivity contribution in [2.45, 2.75) is 31.7 Å². The molecule has 0 aromatic carbocycles. The molecule has 0 saturated carbocycles. The molecule has 20 heavy (non-hydrogen) atoms. The number of hydrogen-bond donors (Lipinski definition) is 3. The smallest absolute Gasteiger partial charge is 0.279 e. The highest BCUT2D eigenvalue weighted by molar-refractivity contribution is 7.87. The average molecular weight is 305 g/mol. The van der Waals surface area contributed by atoms with Crippen molar-refractivity contribution >= 4 is 16.0 Å². The van der Waals surface area contributed by atoms with Gasteiger partial charge in [0.05, 0.1) is 6.54 Å². The number of nitrogens with one attached hydrogen (secondary N) is 1. The summed E-state index contributed by atoms with van der Waals surface area (Å²) in [5.41, 5.74) is 5.46. The van der Waals surface area contributed by atoms with Gasteiger partial charge in [0.1, 0.15) is 0 Å². The predicted molar refractivity (Wildman–Crippen MR) is 75.7 cm³/mol. The Morgan fingerprint density at radius 3 is 2.40 bits per heavy atom. The van der Waals surface area contributed by atoms with Gasteiger partial charge in [0, 0.05) is 32.2 Å². The first-order valence-corrected chi connectivity index (χ1v) is 8.41. The molecule has 2 aliphatic heterocycles. The van der Waals surface area contributed by atoms with Crippen molar-refractivity contribution in [2.24, 2.45) is 10.9 Å². The molecule has 2 aliphatic rings. The third-order valence-corrected chi connectivity index (χ3v) is 5.50. The Bertz CT molecular complexity index is 439. The molecule has 2 saturated heterocycles. The molecule has 0 aliphatic carbocycles. The van der Waals surface area contributed by atoms with Crippen LogP contribution in [0.5, 0.6) is 0 Å². The summed E-state index contributed by atoms with van der Waals surface area (Å²) in [5, 5.41) is 11.5. The molecule has 2 rings (SSSR count). The van der Waals surface area contributed by atoms with Crippen LogP contribution in [0, 0.1) is 0 Å². The third-order valence-electron chi connectivity index (χ3n) is 3.82. The largest absolute Gasteiger partial charge is 0.409 e. The van der Waals surface area contributed by atoms with Crippen molar-refractivity contribution < 1.29 is 13.6 Å². The van der Waals surface area contributed by atoms with Crippen molar-refractivity contribution in [1.29, 1.82) is 0 Å². The van der Waals surface area contributed by atoms with Crippen LogP contribution in [0.1, 0.15) is 25.7 Å².